The average Bonchev–Trinajstić information content (AvgIpc) is 2.77. The molecule has 0 saturated carbocycles. The van der Waals surface area contributed by atoms with Gasteiger partial charge in [0.2, 0.25) is 21.8 Å². The summed E-state index contributed by atoms with van der Waals surface area (Å²) in [6.45, 7) is 8.87. The number of carbonyl (C=O) groups is 2. The molecule has 2 rings (SSSR count). The third kappa shape index (κ3) is 6.96. The maximum atomic E-state index is 13.6. The predicted octanol–water partition coefficient (Wildman–Crippen LogP) is 4.05. The van der Waals surface area contributed by atoms with Gasteiger partial charge in [-0.25, -0.2) is 8.42 Å². The van der Waals surface area contributed by atoms with Crippen LogP contribution < -0.4 is 9.62 Å². The molecule has 0 bridgehead atoms. The molecule has 1 N–H and O–H groups in total. The zero-order chi connectivity index (χ0) is 25.6. The van der Waals surface area contributed by atoms with Gasteiger partial charge < -0.3 is 10.2 Å². The molecule has 2 amide bonds. The van der Waals surface area contributed by atoms with Crippen molar-refractivity contribution in [3.63, 3.8) is 0 Å². The Morgan fingerprint density at radius 3 is 2.29 bits per heavy atom. The summed E-state index contributed by atoms with van der Waals surface area (Å²) in [5.41, 5.74) is 2.73. The molecule has 0 spiro atoms. The Balaban J connectivity index is 2.45. The fraction of sp³-hybridized carbons (Fsp3) is 0.440. The zero-order valence-electron chi connectivity index (χ0n) is 20.6. The smallest absolute Gasteiger partial charge is 0.244 e. The summed E-state index contributed by atoms with van der Waals surface area (Å²) in [5.74, 6) is -0.777. The number of aryl methyl sites for hydroxylation is 1. The molecule has 9 heteroatoms. The minimum absolute atomic E-state index is 0.0491. The number of hydrogen-bond acceptors (Lipinski definition) is 4. The number of amides is 2. The summed E-state index contributed by atoms with van der Waals surface area (Å²) >= 11 is 6.22. The Hall–Kier alpha value is -2.58. The minimum atomic E-state index is -3.81. The van der Waals surface area contributed by atoms with E-state index >= 15 is 0 Å². The topological polar surface area (TPSA) is 86.8 Å². The zero-order valence-corrected chi connectivity index (χ0v) is 22.2. The highest BCUT2D eigenvalue weighted by atomic mass is 35.5. The van der Waals surface area contributed by atoms with Crippen molar-refractivity contribution >= 4 is 39.1 Å². The maximum Gasteiger partial charge on any atom is 0.244 e. The van der Waals surface area contributed by atoms with Crippen LogP contribution in [-0.2, 0) is 26.2 Å². The Bertz CT molecular complexity index is 1140. The van der Waals surface area contributed by atoms with E-state index < -0.39 is 28.5 Å². The van der Waals surface area contributed by atoms with Gasteiger partial charge in [0.1, 0.15) is 12.6 Å². The number of carbonyl (C=O) groups excluding carboxylic acids is 2. The molecular formula is C25H34ClN3O4S. The van der Waals surface area contributed by atoms with Crippen molar-refractivity contribution in [2.45, 2.75) is 59.7 Å². The van der Waals surface area contributed by atoms with Gasteiger partial charge in [-0.1, -0.05) is 48.9 Å². The molecule has 7 nitrogen and oxygen atoms in total. The lowest BCUT2D eigenvalue weighted by molar-refractivity contribution is -0.139. The van der Waals surface area contributed by atoms with E-state index in [1.165, 1.54) is 4.90 Å². The summed E-state index contributed by atoms with van der Waals surface area (Å²) < 4.78 is 26.4. The number of sulfonamides is 1. The van der Waals surface area contributed by atoms with Crippen LogP contribution in [0.15, 0.2) is 42.5 Å². The van der Waals surface area contributed by atoms with Gasteiger partial charge in [0.15, 0.2) is 0 Å². The van der Waals surface area contributed by atoms with Gasteiger partial charge in [0, 0.05) is 17.6 Å². The Morgan fingerprint density at radius 2 is 1.71 bits per heavy atom. The van der Waals surface area contributed by atoms with Crippen LogP contribution in [0.2, 0.25) is 5.02 Å². The highest BCUT2D eigenvalue weighted by Gasteiger charge is 2.31. The summed E-state index contributed by atoms with van der Waals surface area (Å²) in [6.07, 6.45) is 1.80. The lowest BCUT2D eigenvalue weighted by Gasteiger charge is -2.32. The largest absolute Gasteiger partial charge is 0.352 e. The summed E-state index contributed by atoms with van der Waals surface area (Å²) in [4.78, 5) is 28.0. The molecule has 0 fully saturated rings. The van der Waals surface area contributed by atoms with Gasteiger partial charge in [-0.2, -0.15) is 0 Å². The fourth-order valence-corrected chi connectivity index (χ4v) is 4.55. The number of hydrogen-bond donors (Lipinski definition) is 1. The van der Waals surface area contributed by atoms with Crippen molar-refractivity contribution in [3.8, 4) is 0 Å². The first-order chi connectivity index (χ1) is 15.9. The van der Waals surface area contributed by atoms with E-state index in [0.29, 0.717) is 16.3 Å². The summed E-state index contributed by atoms with van der Waals surface area (Å²) in [7, 11) is -3.81. The van der Waals surface area contributed by atoms with Crippen molar-refractivity contribution in [1.82, 2.24) is 10.2 Å². The number of benzene rings is 2. The molecule has 0 heterocycles. The van der Waals surface area contributed by atoms with E-state index in [1.54, 1.807) is 32.0 Å². The Kier molecular flexibility index (Phi) is 9.53. The van der Waals surface area contributed by atoms with Crippen LogP contribution in [0.4, 0.5) is 5.69 Å². The highest BCUT2D eigenvalue weighted by molar-refractivity contribution is 7.92. The number of nitrogens with zero attached hydrogens (tertiary/aromatic N) is 2. The van der Waals surface area contributed by atoms with Crippen LogP contribution >= 0.6 is 11.6 Å². The molecule has 0 radical (unpaired) electrons. The van der Waals surface area contributed by atoms with Crippen LogP contribution in [0.25, 0.3) is 0 Å². The van der Waals surface area contributed by atoms with Crippen LogP contribution in [0.5, 0.6) is 0 Å². The van der Waals surface area contributed by atoms with E-state index in [2.05, 4.69) is 5.32 Å². The summed E-state index contributed by atoms with van der Waals surface area (Å²) in [6, 6.07) is 11.7. The SMILES string of the molecule is CC[C@@H](C)NC(=O)[C@H](C)N(Cc1ccccc1C)C(=O)CN(c1cccc(Cl)c1C)S(C)(=O)=O. The van der Waals surface area contributed by atoms with Gasteiger partial charge in [-0.05, 0) is 62.9 Å². The van der Waals surface area contributed by atoms with E-state index in [9.17, 15) is 18.0 Å². The fourth-order valence-electron chi connectivity index (χ4n) is 3.48. The van der Waals surface area contributed by atoms with Crippen LogP contribution in [0.3, 0.4) is 0 Å². The monoisotopic (exact) mass is 507 g/mol. The Morgan fingerprint density at radius 1 is 1.06 bits per heavy atom. The number of halogens is 1. The maximum absolute atomic E-state index is 13.6. The summed E-state index contributed by atoms with van der Waals surface area (Å²) in [5, 5.41) is 3.31. The van der Waals surface area contributed by atoms with Crippen molar-refractivity contribution in [3.05, 3.63) is 64.2 Å². The van der Waals surface area contributed by atoms with Crippen molar-refractivity contribution in [1.29, 1.82) is 0 Å². The molecule has 0 aromatic heterocycles. The number of anilines is 1. The van der Waals surface area contributed by atoms with Gasteiger partial charge in [0.05, 0.1) is 11.9 Å². The number of nitrogens with one attached hydrogen (secondary N) is 1. The molecule has 0 unspecified atom stereocenters. The van der Waals surface area contributed by atoms with Crippen LogP contribution in [-0.4, -0.2) is 50.0 Å². The van der Waals surface area contributed by atoms with E-state index in [-0.39, 0.29) is 18.5 Å². The first-order valence-corrected chi connectivity index (χ1v) is 13.5. The second kappa shape index (κ2) is 11.7. The quantitative estimate of drug-likeness (QED) is 0.525. The third-order valence-corrected chi connectivity index (χ3v) is 7.49. The lowest BCUT2D eigenvalue weighted by atomic mass is 10.1. The van der Waals surface area contributed by atoms with E-state index in [0.717, 1.165) is 28.1 Å². The van der Waals surface area contributed by atoms with Crippen molar-refractivity contribution in [2.24, 2.45) is 0 Å². The second-order valence-electron chi connectivity index (χ2n) is 8.60. The molecule has 34 heavy (non-hydrogen) atoms. The standard InChI is InChI=1S/C25H34ClN3O4S/c1-7-18(3)27-25(31)20(5)28(15-21-12-9-8-11-17(21)2)24(30)16-29(34(6,32)33)23-14-10-13-22(26)19(23)4/h8-14,18,20H,7,15-16H2,1-6H3,(H,27,31)/t18-,20+/m1/s1. The first kappa shape index (κ1) is 27.7. The van der Waals surface area contributed by atoms with E-state index in [1.807, 2.05) is 45.0 Å². The molecule has 186 valence electrons. The Labute approximate surface area is 208 Å². The molecule has 0 aliphatic heterocycles. The second-order valence-corrected chi connectivity index (χ2v) is 10.9. The highest BCUT2D eigenvalue weighted by Crippen LogP contribution is 2.28. The predicted molar refractivity (Wildman–Crippen MR) is 137 cm³/mol. The molecule has 0 saturated heterocycles. The van der Waals surface area contributed by atoms with Crippen molar-refractivity contribution < 1.29 is 18.0 Å². The van der Waals surface area contributed by atoms with Gasteiger partial charge >= 0.3 is 0 Å². The van der Waals surface area contributed by atoms with Crippen molar-refractivity contribution in [2.75, 3.05) is 17.1 Å². The average molecular weight is 508 g/mol. The van der Waals surface area contributed by atoms with Gasteiger partial charge in [-0.15, -0.1) is 0 Å². The molecule has 0 aliphatic carbocycles. The van der Waals surface area contributed by atoms with Crippen LogP contribution in [0.1, 0.15) is 43.9 Å². The molecule has 2 aromatic carbocycles. The van der Waals surface area contributed by atoms with Gasteiger partial charge in [0.25, 0.3) is 0 Å². The third-order valence-electron chi connectivity index (χ3n) is 5.96. The molecule has 0 aliphatic rings. The lowest BCUT2D eigenvalue weighted by Crippen LogP contribution is -2.52. The van der Waals surface area contributed by atoms with Gasteiger partial charge in [-0.3, -0.25) is 13.9 Å². The normalized spacial score (nSPS) is 13.1. The molecule has 2 aromatic rings. The molecule has 2 atom stereocenters. The van der Waals surface area contributed by atoms with E-state index in [4.69, 9.17) is 11.6 Å². The minimum Gasteiger partial charge on any atom is -0.352 e. The van der Waals surface area contributed by atoms with Crippen LogP contribution in [0, 0.1) is 13.8 Å². The molecular weight excluding hydrogens is 474 g/mol. The number of rotatable bonds is 10. The first-order valence-electron chi connectivity index (χ1n) is 11.2.